The Hall–Kier alpha value is -1.89. The molecular formula is C23H27Cl4N3O7S. The van der Waals surface area contributed by atoms with E-state index < -0.39 is 73.8 Å². The topological polar surface area (TPSA) is 137 Å². The van der Waals surface area contributed by atoms with Crippen molar-refractivity contribution < 1.29 is 33.2 Å². The maximum absolute atomic E-state index is 13.3. The van der Waals surface area contributed by atoms with Gasteiger partial charge in [0.1, 0.15) is 18.2 Å². The molecule has 1 saturated heterocycles. The van der Waals surface area contributed by atoms with E-state index in [-0.39, 0.29) is 5.57 Å². The van der Waals surface area contributed by atoms with Crippen molar-refractivity contribution in [3.63, 3.8) is 0 Å². The molecule has 15 heteroatoms. The Balaban J connectivity index is 2.27. The third-order valence-corrected chi connectivity index (χ3v) is 6.72. The van der Waals surface area contributed by atoms with Gasteiger partial charge in [0.05, 0.1) is 10.4 Å². The van der Waals surface area contributed by atoms with Gasteiger partial charge in [-0.15, -0.1) is 0 Å². The molecule has 1 aliphatic rings. The van der Waals surface area contributed by atoms with E-state index in [4.69, 9.17) is 55.0 Å². The predicted molar refractivity (Wildman–Crippen MR) is 145 cm³/mol. The first-order chi connectivity index (χ1) is 17.4. The van der Waals surface area contributed by atoms with Crippen LogP contribution in [0.5, 0.6) is 0 Å². The largest absolute Gasteiger partial charge is 0.597 e. The highest BCUT2D eigenvalue weighted by molar-refractivity contribution is 8.14. The zero-order valence-corrected chi connectivity index (χ0v) is 24.7. The molecule has 0 spiro atoms. The van der Waals surface area contributed by atoms with E-state index in [2.05, 4.69) is 17.2 Å². The molecule has 1 heterocycles. The minimum atomic E-state index is -2.25. The molecule has 210 valence electrons. The Morgan fingerprint density at radius 2 is 1.76 bits per heavy atom. The fourth-order valence-corrected chi connectivity index (χ4v) is 5.01. The Bertz CT molecular complexity index is 1060. The van der Waals surface area contributed by atoms with Crippen LogP contribution in [0, 0.1) is 0 Å². The van der Waals surface area contributed by atoms with E-state index in [1.165, 1.54) is 6.92 Å². The third kappa shape index (κ3) is 8.82. The van der Waals surface area contributed by atoms with E-state index >= 15 is 0 Å². The SMILES string of the molecule is C=C(C)C(C(=O)OCC(Cl)(Cl)Cl)N1C(=O)C(NC(=O)C(NC(=O)OC(C)(C)C)c2ccccc2)C1[S+]([O-])Cl. The lowest BCUT2D eigenvalue weighted by Crippen LogP contribution is -2.76. The molecule has 3 amide bonds. The molecule has 2 N–H and O–H groups in total. The second kappa shape index (κ2) is 13.0. The lowest BCUT2D eigenvalue weighted by atomic mass is 9.98. The third-order valence-electron chi connectivity index (χ3n) is 4.97. The fourth-order valence-electron chi connectivity index (χ4n) is 3.48. The van der Waals surface area contributed by atoms with Crippen LogP contribution in [0.2, 0.25) is 0 Å². The summed E-state index contributed by atoms with van der Waals surface area (Å²) in [6.45, 7) is 9.47. The molecule has 0 bridgehead atoms. The van der Waals surface area contributed by atoms with Gasteiger partial charge >= 0.3 is 12.1 Å². The average molecular weight is 631 g/mol. The highest BCUT2D eigenvalue weighted by atomic mass is 35.7. The number of carbonyl (C=O) groups is 4. The van der Waals surface area contributed by atoms with Gasteiger partial charge in [0, 0.05) is 0 Å². The average Bonchev–Trinajstić information content (AvgIpc) is 2.78. The molecule has 1 fully saturated rings. The van der Waals surface area contributed by atoms with Crippen molar-refractivity contribution >= 4 is 79.8 Å². The number of hydrogen-bond acceptors (Lipinski definition) is 7. The first-order valence-corrected chi connectivity index (χ1v) is 14.2. The Morgan fingerprint density at radius 3 is 2.24 bits per heavy atom. The number of β-lactam (4-membered cyclic amide) rings is 1. The molecule has 0 aromatic heterocycles. The van der Waals surface area contributed by atoms with Gasteiger partial charge in [-0.1, -0.05) is 71.7 Å². The standard InChI is InChI=1S/C23H27Cl4N3O7S/c1-12(2)16(20(33)36-11-23(24,25)26)30-18(32)15(19(30)38(27)35)28-17(31)14(13-9-7-6-8-10-13)29-21(34)37-22(3,4)5/h6-10,14-16,19H,1,11H2,2-5H3,(H,28,31)(H,29,34). The van der Waals surface area contributed by atoms with Crippen LogP contribution in [0.4, 0.5) is 4.79 Å². The van der Waals surface area contributed by atoms with Gasteiger partial charge < -0.3 is 24.7 Å². The van der Waals surface area contributed by atoms with Crippen molar-refractivity contribution in [3.8, 4) is 0 Å². The summed E-state index contributed by atoms with van der Waals surface area (Å²) in [5, 5.41) is 3.59. The van der Waals surface area contributed by atoms with Gasteiger partial charge in [-0.05, 0) is 38.8 Å². The zero-order valence-electron chi connectivity index (χ0n) is 20.8. The molecule has 0 radical (unpaired) electrons. The Morgan fingerprint density at radius 1 is 1.18 bits per heavy atom. The van der Waals surface area contributed by atoms with Crippen LogP contribution in [-0.4, -0.2) is 66.8 Å². The summed E-state index contributed by atoms with van der Waals surface area (Å²) in [4.78, 5) is 52.4. The van der Waals surface area contributed by atoms with E-state index in [0.29, 0.717) is 5.56 Å². The number of rotatable bonds is 9. The number of benzene rings is 1. The van der Waals surface area contributed by atoms with E-state index in [9.17, 15) is 23.7 Å². The second-order valence-electron chi connectivity index (χ2n) is 9.33. The molecule has 1 aromatic carbocycles. The molecule has 38 heavy (non-hydrogen) atoms. The number of halogens is 4. The predicted octanol–water partition coefficient (Wildman–Crippen LogP) is 3.67. The van der Waals surface area contributed by atoms with Gasteiger partial charge in [-0.3, -0.25) is 14.5 Å². The van der Waals surface area contributed by atoms with Crippen LogP contribution in [0.25, 0.3) is 0 Å². The van der Waals surface area contributed by atoms with Gasteiger partial charge in [-0.25, -0.2) is 9.59 Å². The van der Waals surface area contributed by atoms with E-state index in [1.54, 1.807) is 51.1 Å². The lowest BCUT2D eigenvalue weighted by molar-refractivity contribution is -0.163. The lowest BCUT2D eigenvalue weighted by Gasteiger charge is -2.47. The van der Waals surface area contributed by atoms with E-state index in [1.807, 2.05) is 0 Å². The molecule has 0 aliphatic carbocycles. The monoisotopic (exact) mass is 629 g/mol. The van der Waals surface area contributed by atoms with Crippen LogP contribution in [0.1, 0.15) is 39.3 Å². The number of alkyl halides is 3. The maximum atomic E-state index is 13.3. The van der Waals surface area contributed by atoms with Crippen molar-refractivity contribution in [1.82, 2.24) is 15.5 Å². The van der Waals surface area contributed by atoms with Gasteiger partial charge in [-0.2, -0.15) is 0 Å². The summed E-state index contributed by atoms with van der Waals surface area (Å²) < 4.78 is 20.7. The van der Waals surface area contributed by atoms with Crippen LogP contribution < -0.4 is 10.6 Å². The molecule has 5 atom stereocenters. The number of esters is 1. The number of ether oxygens (including phenoxy) is 2. The highest BCUT2D eigenvalue weighted by Crippen LogP contribution is 2.34. The summed E-state index contributed by atoms with van der Waals surface area (Å²) >= 11 is 16.9. The van der Waals surface area contributed by atoms with Gasteiger partial charge in [0.25, 0.3) is 5.91 Å². The van der Waals surface area contributed by atoms with Crippen LogP contribution in [0.15, 0.2) is 42.5 Å². The smallest absolute Gasteiger partial charge is 0.408 e. The first kappa shape index (κ1) is 32.3. The quantitative estimate of drug-likeness (QED) is 0.140. The minimum Gasteiger partial charge on any atom is -0.597 e. The molecule has 5 unspecified atom stereocenters. The van der Waals surface area contributed by atoms with Crippen molar-refractivity contribution in [2.75, 3.05) is 6.61 Å². The Kier molecular flexibility index (Phi) is 11.0. The molecule has 10 nitrogen and oxygen atoms in total. The normalized spacial score (nSPS) is 19.9. The summed E-state index contributed by atoms with van der Waals surface area (Å²) in [5.74, 6) is -2.60. The number of nitrogens with zero attached hydrogens (tertiary/aromatic N) is 1. The minimum absolute atomic E-state index is 0.151. The zero-order chi connectivity index (χ0) is 29.0. The number of carbonyl (C=O) groups excluding carboxylic acids is 4. The number of hydrogen-bond donors (Lipinski definition) is 2. The highest BCUT2D eigenvalue weighted by Gasteiger charge is 2.60. The maximum Gasteiger partial charge on any atom is 0.408 e. The summed E-state index contributed by atoms with van der Waals surface area (Å²) in [6.07, 6.45) is -0.875. The van der Waals surface area contributed by atoms with Crippen molar-refractivity contribution in [2.24, 2.45) is 0 Å². The van der Waals surface area contributed by atoms with Crippen LogP contribution in [0.3, 0.4) is 0 Å². The number of amides is 3. The fraction of sp³-hybridized carbons (Fsp3) is 0.478. The second-order valence-corrected chi connectivity index (χ2v) is 13.7. The van der Waals surface area contributed by atoms with Crippen molar-refractivity contribution in [2.45, 2.75) is 60.6 Å². The molecule has 1 aliphatic heterocycles. The number of alkyl carbamates (subject to hydrolysis) is 1. The van der Waals surface area contributed by atoms with Gasteiger partial charge in [0.2, 0.25) is 15.1 Å². The van der Waals surface area contributed by atoms with E-state index in [0.717, 1.165) is 4.90 Å². The van der Waals surface area contributed by atoms with Crippen LogP contribution in [-0.2, 0) is 34.2 Å². The Labute approximate surface area is 242 Å². The van der Waals surface area contributed by atoms with Crippen LogP contribution >= 0.6 is 45.5 Å². The van der Waals surface area contributed by atoms with Crippen molar-refractivity contribution in [3.05, 3.63) is 48.0 Å². The summed E-state index contributed by atoms with van der Waals surface area (Å²) in [5.41, 5.74) is -0.300. The first-order valence-electron chi connectivity index (χ1n) is 11.1. The molecular weight excluding hydrogens is 604 g/mol. The number of nitrogens with one attached hydrogen (secondary N) is 2. The molecule has 1 aromatic rings. The number of likely N-dealkylation sites (tertiary alicyclic amines) is 1. The van der Waals surface area contributed by atoms with Crippen molar-refractivity contribution in [1.29, 1.82) is 0 Å². The summed E-state index contributed by atoms with van der Waals surface area (Å²) in [7, 11) is 3.61. The molecule has 0 saturated carbocycles. The molecule has 2 rings (SSSR count). The summed E-state index contributed by atoms with van der Waals surface area (Å²) in [6, 6.07) is 4.11. The van der Waals surface area contributed by atoms with Gasteiger partial charge in [0.15, 0.2) is 22.8 Å².